The first-order valence-electron chi connectivity index (χ1n) is 45.0. The maximum Gasteiger partial charge on any atom is 0.331 e. The van der Waals surface area contributed by atoms with Gasteiger partial charge in [-0.2, -0.15) is 55.4 Å². The van der Waals surface area contributed by atoms with Crippen LogP contribution in [0.4, 0.5) is 11.4 Å². The average molecular weight is 2050 g/mol. The minimum Gasteiger partial charge on any atom is -0.500 e. The molecule has 128 heavy (non-hydrogen) atoms. The van der Waals surface area contributed by atoms with E-state index in [1.54, 1.807) is 23.2 Å². The zero-order valence-electron chi connectivity index (χ0n) is 76.4. The van der Waals surface area contributed by atoms with Crippen molar-refractivity contribution in [1.82, 2.24) is 24.9 Å². The van der Waals surface area contributed by atoms with Crippen LogP contribution in [0.5, 0.6) is 0 Å². The third kappa shape index (κ3) is 19.5. The number of anilines is 2. The van der Waals surface area contributed by atoms with E-state index >= 15 is 0 Å². The Kier molecular flexibility index (Phi) is 24.8. The molecule has 15 heterocycles. The number of hydrogen-bond acceptors (Lipinski definition) is 9. The van der Waals surface area contributed by atoms with E-state index in [0.717, 1.165) is 76.4 Å². The third-order valence-corrected chi connectivity index (χ3v) is 24.3. The molecule has 0 bridgehead atoms. The summed E-state index contributed by atoms with van der Waals surface area (Å²) in [5.41, 5.74) is 23.7. The number of nitrogens with zero attached hydrogens (tertiary/aromatic N) is 11. The summed E-state index contributed by atoms with van der Waals surface area (Å²) >= 11 is 3.73. The topological polar surface area (TPSA) is 86.5 Å². The van der Waals surface area contributed by atoms with Crippen molar-refractivity contribution in [2.45, 2.75) is 33.1 Å². The number of rotatable bonds is 6. The minimum atomic E-state index is -0.344. The normalized spacial score (nSPS) is 12.5. The number of aryl methyl sites for hydroxylation is 1. The van der Waals surface area contributed by atoms with Crippen LogP contribution < -0.4 is 28.1 Å². The second-order valence-electron chi connectivity index (χ2n) is 29.9. The van der Waals surface area contributed by atoms with E-state index in [2.05, 4.69) is 274 Å². The molecule has 2 radical (unpaired) electrons. The second-order valence-corrected chi connectivity index (χ2v) is 32.0. The number of para-hydroxylation sites is 2. The second kappa shape index (κ2) is 41.2. The van der Waals surface area contributed by atoms with E-state index < -0.39 is 0 Å². The Morgan fingerprint density at radius 3 is 1.62 bits per heavy atom. The Labute approximate surface area is 791 Å². The molecule has 0 amide bonds. The van der Waals surface area contributed by atoms with Gasteiger partial charge in [0.2, 0.25) is 17.1 Å². The Morgan fingerprint density at radius 1 is 0.359 bits per heavy atom. The number of benzene rings is 11. The van der Waals surface area contributed by atoms with Crippen LogP contribution in [0.15, 0.2) is 444 Å². The fraction of sp³-hybridized carbons (Fsp3) is 0.0442. The molecule has 0 unspecified atom stereocenters. The first kappa shape index (κ1) is 77.2. The molecule has 0 saturated heterocycles. The van der Waals surface area contributed by atoms with E-state index in [4.69, 9.17) is 9.60 Å². The largest absolute Gasteiger partial charge is 0.500 e. The molecular weight excluding hydrogens is 1960 g/mol. The van der Waals surface area contributed by atoms with Crippen molar-refractivity contribution < 1.29 is 68.1 Å². The maximum atomic E-state index is 7.97. The molecule has 0 fully saturated rings. The fourth-order valence-corrected chi connectivity index (χ4v) is 18.3. The van der Waals surface area contributed by atoms with E-state index in [-0.39, 0.29) is 100 Å². The SMILES string of the molecule is Cc1cc[n+]2c(n1)-c1ccccc1C2.[2H]c1c[n+]2c(c([2H])c1[2H])-c1c([2H])c([2H])c([2H])c([2H])c1C2.[Ir].[Ir].[c-]1ccc2c(sc3ccccc32)c1-c1ccccn1.[c-]1ccccc1-c1ccccn1.[c-]1ccccc1N1C=CN(c2ccccc2)[CH-]1.c1cc[n+]2c(c1)-c1c(ccc3c1sc1ccccc13)C2.c1ccc(-c2ccc3c(c2)-c2cccc[n+]2C3)cc1.c1ccc(-c2ccccn2)nc1. The van der Waals surface area contributed by atoms with Crippen LogP contribution in [0.1, 0.15) is 37.5 Å². The first-order valence-corrected chi connectivity index (χ1v) is 43.2. The Balaban J connectivity index is 0.000000108. The molecule has 11 nitrogen and oxygen atoms in total. The molecule has 0 aliphatic carbocycles. The summed E-state index contributed by atoms with van der Waals surface area (Å²) in [4.78, 5) is 25.7. The van der Waals surface area contributed by atoms with Gasteiger partial charge in [0.05, 0.1) is 49.4 Å². The molecule has 0 N–H and O–H groups in total. The molecule has 11 aromatic carbocycles. The molecule has 5 aliphatic rings. The smallest absolute Gasteiger partial charge is 0.331 e. The van der Waals surface area contributed by atoms with E-state index in [1.807, 2.05) is 205 Å². The first-order chi connectivity index (χ1) is 65.3. The predicted molar refractivity (Wildman–Crippen MR) is 513 cm³/mol. The molecule has 5 aliphatic heterocycles. The monoisotopic (exact) mass is 2050 g/mol. The predicted octanol–water partition coefficient (Wildman–Crippen LogP) is 24.8. The van der Waals surface area contributed by atoms with Gasteiger partial charge in [0.1, 0.15) is 6.54 Å². The van der Waals surface area contributed by atoms with Gasteiger partial charge in [0.15, 0.2) is 43.9 Å². The van der Waals surface area contributed by atoms with Gasteiger partial charge in [0.25, 0.3) is 0 Å². The van der Waals surface area contributed by atoms with Gasteiger partial charge in [-0.15, -0.1) is 83.4 Å². The Morgan fingerprint density at radius 2 is 0.914 bits per heavy atom. The van der Waals surface area contributed by atoms with Crippen LogP contribution in [0, 0.1) is 31.8 Å². The standard InChI is InChI=1S/C18H12NS.C18H14N.C17H10NS.C15H12N2.C12H11N2.C12H10N.C11H8N.C10H8N2.2Ir/c1-2-7-16-13(5-1)14-9-8-12-11-19-10-4-3-6-15(19)17(12)18(14)20-16;1-2-6-14(7-3-1)15-9-10-16-13-19-11-5-4-8-18(19)17(16)12-15;1-2-10-16-12(6-1)13-7-5-8-14(17(13)19-16)15-9-3-4-11-18-15;1-3-7-14(8-4-1)16-11-12-17(13-16)15-9-5-2-6-10-15;1-9-6-7-14-8-10-4-2-3-5-11(10)12(14)13-9;1-2-6-11-10(5-1)9-13-8-4-3-7-12(11)13;1-2-6-10(7-3-1)11-8-4-5-9-12-11;1-3-7-11-9(5-1)10-6-2-4-8-12-10;;/h1-10H,11H2;1-12H,13H2;1-7,9-11H;1-9,11-13H;2-7H,8H2,1H3;1-8H,9H2;1-6,8-9H;1-8H;;/q2*+1;-1;-2;2*+1;-1;;;/i;;;;;1D,2D,3D,4D,5D,6D,7D;;;;. The summed E-state index contributed by atoms with van der Waals surface area (Å²) in [5, 5.41) is 5.38. The average Bonchev–Trinajstić information content (AvgIpc) is 1.59. The summed E-state index contributed by atoms with van der Waals surface area (Å²) in [6, 6.07) is 124. The van der Waals surface area contributed by atoms with Crippen LogP contribution in [-0.2, 0) is 66.4 Å². The van der Waals surface area contributed by atoms with Gasteiger partial charge in [-0.05, 0) is 147 Å². The summed E-state index contributed by atoms with van der Waals surface area (Å²) in [6.07, 6.45) is 19.0. The van der Waals surface area contributed by atoms with Crippen molar-refractivity contribution in [1.29, 1.82) is 0 Å². The quantitative estimate of drug-likeness (QED) is 0.121. The van der Waals surface area contributed by atoms with Crippen molar-refractivity contribution >= 4 is 74.4 Å². The van der Waals surface area contributed by atoms with Crippen molar-refractivity contribution in [3.05, 3.63) is 497 Å². The van der Waals surface area contributed by atoms with Crippen LogP contribution in [0.2, 0.25) is 0 Å². The van der Waals surface area contributed by atoms with Gasteiger partial charge in [-0.25, -0.2) is 4.57 Å². The van der Waals surface area contributed by atoms with E-state index in [1.165, 1.54) is 102 Å². The molecular formula is C113H85Ir2N11S2. The van der Waals surface area contributed by atoms with Crippen LogP contribution in [-0.4, -0.2) is 24.9 Å². The molecule has 0 atom stereocenters. The van der Waals surface area contributed by atoms with E-state index in [9.17, 15) is 0 Å². The summed E-state index contributed by atoms with van der Waals surface area (Å²) in [5.74, 6) is 1.10. The van der Waals surface area contributed by atoms with Crippen molar-refractivity contribution in [3.8, 4) is 90.2 Å². The molecule has 622 valence electrons. The number of aromatic nitrogens is 9. The molecule has 0 saturated carbocycles. The van der Waals surface area contributed by atoms with E-state index in [0.29, 0.717) is 5.56 Å². The van der Waals surface area contributed by atoms with Crippen LogP contribution in [0.25, 0.3) is 131 Å². The van der Waals surface area contributed by atoms with Gasteiger partial charge in [-0.1, -0.05) is 187 Å². The molecule has 21 aromatic rings. The van der Waals surface area contributed by atoms with Crippen molar-refractivity contribution in [3.63, 3.8) is 0 Å². The Bertz CT molecular complexity index is 7600. The van der Waals surface area contributed by atoms with Crippen LogP contribution >= 0.6 is 22.7 Å². The third-order valence-electron chi connectivity index (χ3n) is 21.8. The van der Waals surface area contributed by atoms with Crippen LogP contribution in [0.3, 0.4) is 0 Å². The fourth-order valence-electron chi connectivity index (χ4n) is 15.8. The molecule has 26 rings (SSSR count). The summed E-state index contributed by atoms with van der Waals surface area (Å²) in [6.45, 7) is 7.21. The number of hydrogen-bond donors (Lipinski definition) is 0. The minimum absolute atomic E-state index is 0. The molecule has 0 spiro atoms. The van der Waals surface area contributed by atoms with Crippen molar-refractivity contribution in [2.24, 2.45) is 0 Å². The summed E-state index contributed by atoms with van der Waals surface area (Å²) < 4.78 is 68.3. The number of pyridine rings is 7. The number of fused-ring (bicyclic) bond motifs is 19. The van der Waals surface area contributed by atoms with Crippen molar-refractivity contribution in [2.75, 3.05) is 9.80 Å². The zero-order chi connectivity index (χ0) is 90.7. The van der Waals surface area contributed by atoms with Gasteiger partial charge < -0.3 is 19.8 Å². The van der Waals surface area contributed by atoms with Gasteiger partial charge >= 0.3 is 5.82 Å². The Hall–Kier alpha value is -14.4. The summed E-state index contributed by atoms with van der Waals surface area (Å²) in [7, 11) is 0. The molecule has 10 aromatic heterocycles. The maximum absolute atomic E-state index is 7.97. The molecule has 15 heteroatoms. The van der Waals surface area contributed by atoms with Gasteiger partial charge in [0, 0.05) is 167 Å². The van der Waals surface area contributed by atoms with Gasteiger partial charge in [-0.3, -0.25) is 9.97 Å². The zero-order valence-corrected chi connectivity index (χ0v) is 75.8. The number of thiophene rings is 2.